The molecule has 1 amide bonds. The van der Waals surface area contributed by atoms with Crippen LogP contribution in [0.25, 0.3) is 5.65 Å². The molecule has 2 aromatic heterocycles. The fourth-order valence-electron chi connectivity index (χ4n) is 1.95. The second kappa shape index (κ2) is 5.38. The standard InChI is InChI=1S/C15H10ClN3O2/c16-10-4-3-5-11(8-10)18-14(20)12-9-17-13-6-1-2-7-19(13)15(12)21/h1-9H,(H,18,20). The van der Waals surface area contributed by atoms with Crippen LogP contribution in [0.5, 0.6) is 0 Å². The third kappa shape index (κ3) is 2.64. The van der Waals surface area contributed by atoms with E-state index in [2.05, 4.69) is 10.3 Å². The first-order valence-electron chi connectivity index (χ1n) is 6.18. The smallest absolute Gasteiger partial charge is 0.270 e. The number of carbonyl (C=O) groups is 1. The lowest BCUT2D eigenvalue weighted by atomic mass is 10.2. The summed E-state index contributed by atoms with van der Waals surface area (Å²) in [4.78, 5) is 28.5. The van der Waals surface area contributed by atoms with Crippen molar-refractivity contribution in [2.24, 2.45) is 0 Å². The van der Waals surface area contributed by atoms with Gasteiger partial charge in [-0.15, -0.1) is 0 Å². The number of rotatable bonds is 2. The highest BCUT2D eigenvalue weighted by atomic mass is 35.5. The zero-order valence-corrected chi connectivity index (χ0v) is 11.5. The Morgan fingerprint density at radius 2 is 2.05 bits per heavy atom. The number of nitrogens with zero attached hydrogens (tertiary/aromatic N) is 2. The summed E-state index contributed by atoms with van der Waals surface area (Å²) in [5.74, 6) is -0.520. The SMILES string of the molecule is O=C(Nc1cccc(Cl)c1)c1cnc2ccccn2c1=O. The normalized spacial score (nSPS) is 10.5. The van der Waals surface area contributed by atoms with Gasteiger partial charge >= 0.3 is 0 Å². The maximum atomic E-state index is 12.3. The summed E-state index contributed by atoms with van der Waals surface area (Å²) in [6.45, 7) is 0. The lowest BCUT2D eigenvalue weighted by Gasteiger charge is -2.06. The van der Waals surface area contributed by atoms with Gasteiger partial charge < -0.3 is 5.32 Å². The minimum absolute atomic E-state index is 0.0290. The molecule has 0 atom stereocenters. The predicted molar refractivity (Wildman–Crippen MR) is 80.9 cm³/mol. The van der Waals surface area contributed by atoms with E-state index in [0.29, 0.717) is 16.4 Å². The van der Waals surface area contributed by atoms with Gasteiger partial charge in [-0.25, -0.2) is 4.98 Å². The van der Waals surface area contributed by atoms with Gasteiger partial charge in [-0.2, -0.15) is 0 Å². The number of fused-ring (bicyclic) bond motifs is 1. The second-order valence-corrected chi connectivity index (χ2v) is 4.81. The summed E-state index contributed by atoms with van der Waals surface area (Å²) in [6, 6.07) is 11.9. The highest BCUT2D eigenvalue weighted by molar-refractivity contribution is 6.30. The van der Waals surface area contributed by atoms with E-state index in [-0.39, 0.29) is 5.56 Å². The third-order valence-electron chi connectivity index (χ3n) is 2.94. The van der Waals surface area contributed by atoms with E-state index < -0.39 is 11.5 Å². The van der Waals surface area contributed by atoms with Gasteiger partial charge in [-0.3, -0.25) is 14.0 Å². The Morgan fingerprint density at radius 3 is 2.86 bits per heavy atom. The van der Waals surface area contributed by atoms with Crippen molar-refractivity contribution in [2.75, 3.05) is 5.32 Å². The molecule has 3 rings (SSSR count). The molecular weight excluding hydrogens is 290 g/mol. The predicted octanol–water partition coefficient (Wildman–Crippen LogP) is 2.60. The van der Waals surface area contributed by atoms with Gasteiger partial charge in [-0.1, -0.05) is 23.7 Å². The molecule has 0 saturated carbocycles. The van der Waals surface area contributed by atoms with Crippen LogP contribution < -0.4 is 10.9 Å². The fraction of sp³-hybridized carbons (Fsp3) is 0. The minimum Gasteiger partial charge on any atom is -0.322 e. The number of carbonyl (C=O) groups excluding carboxylic acids is 1. The molecule has 0 bridgehead atoms. The summed E-state index contributed by atoms with van der Waals surface area (Å²) in [6.07, 6.45) is 2.85. The van der Waals surface area contributed by atoms with Crippen LogP contribution in [-0.2, 0) is 0 Å². The molecule has 1 aromatic carbocycles. The maximum Gasteiger partial charge on any atom is 0.270 e. The van der Waals surface area contributed by atoms with E-state index in [0.717, 1.165) is 0 Å². The molecule has 0 radical (unpaired) electrons. The summed E-state index contributed by atoms with van der Waals surface area (Å²) < 4.78 is 1.33. The number of pyridine rings is 1. The molecule has 0 aliphatic rings. The van der Waals surface area contributed by atoms with E-state index >= 15 is 0 Å². The Morgan fingerprint density at radius 1 is 1.19 bits per heavy atom. The average molecular weight is 300 g/mol. The van der Waals surface area contributed by atoms with E-state index in [1.807, 2.05) is 0 Å². The van der Waals surface area contributed by atoms with Crippen LogP contribution in [0.4, 0.5) is 5.69 Å². The summed E-state index contributed by atoms with van der Waals surface area (Å²) in [5.41, 5.74) is 0.561. The molecule has 0 saturated heterocycles. The average Bonchev–Trinajstić information content (AvgIpc) is 2.48. The van der Waals surface area contributed by atoms with Gasteiger partial charge in [0.15, 0.2) is 0 Å². The number of anilines is 1. The summed E-state index contributed by atoms with van der Waals surface area (Å²) >= 11 is 5.85. The molecular formula is C15H10ClN3O2. The molecule has 21 heavy (non-hydrogen) atoms. The molecule has 104 valence electrons. The number of halogens is 1. The van der Waals surface area contributed by atoms with Gasteiger partial charge in [0.2, 0.25) is 0 Å². The number of hydrogen-bond acceptors (Lipinski definition) is 3. The first kappa shape index (κ1) is 13.3. The van der Waals surface area contributed by atoms with Crippen molar-refractivity contribution in [3.63, 3.8) is 0 Å². The van der Waals surface area contributed by atoms with Crippen molar-refractivity contribution in [3.05, 3.63) is 75.8 Å². The number of amides is 1. The molecule has 5 nitrogen and oxygen atoms in total. The van der Waals surface area contributed by atoms with Crippen molar-refractivity contribution >= 4 is 28.8 Å². The number of benzene rings is 1. The van der Waals surface area contributed by atoms with Crippen LogP contribution in [0, 0.1) is 0 Å². The molecule has 0 fully saturated rings. The quantitative estimate of drug-likeness (QED) is 0.791. The zero-order chi connectivity index (χ0) is 14.8. The first-order chi connectivity index (χ1) is 10.1. The van der Waals surface area contributed by atoms with E-state index in [1.54, 1.807) is 48.7 Å². The van der Waals surface area contributed by atoms with Crippen LogP contribution in [0.1, 0.15) is 10.4 Å². The van der Waals surface area contributed by atoms with Gasteiger partial charge in [0, 0.05) is 23.1 Å². The lowest BCUT2D eigenvalue weighted by Crippen LogP contribution is -2.26. The van der Waals surface area contributed by atoms with Gasteiger partial charge in [0.1, 0.15) is 11.2 Å². The van der Waals surface area contributed by atoms with Crippen molar-refractivity contribution < 1.29 is 4.79 Å². The highest BCUT2D eigenvalue weighted by Gasteiger charge is 2.13. The van der Waals surface area contributed by atoms with Gasteiger partial charge in [0.05, 0.1) is 0 Å². The Hall–Kier alpha value is -2.66. The third-order valence-corrected chi connectivity index (χ3v) is 3.18. The van der Waals surface area contributed by atoms with E-state index in [9.17, 15) is 9.59 Å². The minimum atomic E-state index is -0.520. The molecule has 2 heterocycles. The van der Waals surface area contributed by atoms with E-state index in [1.165, 1.54) is 10.6 Å². The summed E-state index contributed by atoms with van der Waals surface area (Å²) in [5, 5.41) is 3.13. The van der Waals surface area contributed by atoms with Crippen molar-refractivity contribution in [2.45, 2.75) is 0 Å². The fourth-order valence-corrected chi connectivity index (χ4v) is 2.14. The van der Waals surface area contributed by atoms with Crippen molar-refractivity contribution in [3.8, 4) is 0 Å². The second-order valence-electron chi connectivity index (χ2n) is 4.37. The number of nitrogens with one attached hydrogen (secondary N) is 1. The topological polar surface area (TPSA) is 63.5 Å². The van der Waals surface area contributed by atoms with Crippen molar-refractivity contribution in [1.82, 2.24) is 9.38 Å². The first-order valence-corrected chi connectivity index (χ1v) is 6.56. The van der Waals surface area contributed by atoms with Gasteiger partial charge in [-0.05, 0) is 30.3 Å². The van der Waals surface area contributed by atoms with Crippen molar-refractivity contribution in [1.29, 1.82) is 0 Å². The monoisotopic (exact) mass is 299 g/mol. The Balaban J connectivity index is 1.99. The Bertz CT molecular complexity index is 889. The number of hydrogen-bond donors (Lipinski definition) is 1. The zero-order valence-electron chi connectivity index (χ0n) is 10.8. The maximum absolute atomic E-state index is 12.3. The summed E-state index contributed by atoms with van der Waals surface area (Å²) in [7, 11) is 0. The van der Waals surface area contributed by atoms with Crippen LogP contribution in [0.2, 0.25) is 5.02 Å². The van der Waals surface area contributed by atoms with Crippen LogP contribution in [0.15, 0.2) is 59.7 Å². The van der Waals surface area contributed by atoms with Gasteiger partial charge in [0.25, 0.3) is 11.5 Å². The highest BCUT2D eigenvalue weighted by Crippen LogP contribution is 2.15. The van der Waals surface area contributed by atoms with Crippen LogP contribution in [0.3, 0.4) is 0 Å². The molecule has 3 aromatic rings. The van der Waals surface area contributed by atoms with E-state index in [4.69, 9.17) is 11.6 Å². The van der Waals surface area contributed by atoms with Crippen LogP contribution >= 0.6 is 11.6 Å². The molecule has 1 N–H and O–H groups in total. The van der Waals surface area contributed by atoms with Crippen LogP contribution in [-0.4, -0.2) is 15.3 Å². The number of aromatic nitrogens is 2. The molecule has 0 aliphatic carbocycles. The lowest BCUT2D eigenvalue weighted by molar-refractivity contribution is 0.102. The molecule has 0 aliphatic heterocycles. The Labute approximate surface area is 124 Å². The molecule has 0 spiro atoms. The molecule has 6 heteroatoms. The molecule has 0 unspecified atom stereocenters. The Kier molecular flexibility index (Phi) is 3.41. The largest absolute Gasteiger partial charge is 0.322 e.